The van der Waals surface area contributed by atoms with Crippen LogP contribution in [0, 0.1) is 0 Å². The number of rotatable bonds is 2. The van der Waals surface area contributed by atoms with E-state index in [0.29, 0.717) is 15.3 Å². The minimum absolute atomic E-state index is 0.190. The Morgan fingerprint density at radius 2 is 1.90 bits per heavy atom. The van der Waals surface area contributed by atoms with Crippen molar-refractivity contribution in [3.63, 3.8) is 0 Å². The van der Waals surface area contributed by atoms with E-state index in [2.05, 4.69) is 31.4 Å². The van der Waals surface area contributed by atoms with Crippen LogP contribution in [0.5, 0.6) is 5.75 Å². The van der Waals surface area contributed by atoms with Crippen molar-refractivity contribution in [3.8, 4) is 5.75 Å². The molecule has 0 fully saturated rings. The molecule has 3 rings (SSSR count). The van der Waals surface area contributed by atoms with Gasteiger partial charge in [0.15, 0.2) is 5.82 Å². The fourth-order valence-electron chi connectivity index (χ4n) is 1.80. The SMILES string of the molecule is Oc1ccc(Nc2cc3ccc(Cl)cc3nn2)cc1Br. The molecule has 4 nitrogen and oxygen atoms in total. The maximum absolute atomic E-state index is 9.46. The third-order valence-corrected chi connectivity index (χ3v) is 3.64. The molecule has 0 unspecified atom stereocenters. The van der Waals surface area contributed by atoms with Gasteiger partial charge < -0.3 is 10.4 Å². The van der Waals surface area contributed by atoms with Crippen molar-refractivity contribution in [1.82, 2.24) is 10.2 Å². The molecular formula is C14H9BrClN3O. The second-order valence-electron chi connectivity index (χ2n) is 4.22. The zero-order chi connectivity index (χ0) is 14.1. The summed E-state index contributed by atoms with van der Waals surface area (Å²) in [6, 6.07) is 12.5. The predicted octanol–water partition coefficient (Wildman–Crippen LogP) is 4.49. The van der Waals surface area contributed by atoms with Crippen molar-refractivity contribution < 1.29 is 5.11 Å². The summed E-state index contributed by atoms with van der Waals surface area (Å²) in [5.74, 6) is 0.812. The van der Waals surface area contributed by atoms with Crippen molar-refractivity contribution >= 4 is 49.9 Å². The molecule has 0 atom stereocenters. The highest BCUT2D eigenvalue weighted by atomic mass is 79.9. The third kappa shape index (κ3) is 2.69. The van der Waals surface area contributed by atoms with E-state index >= 15 is 0 Å². The average molecular weight is 351 g/mol. The Kier molecular flexibility index (Phi) is 3.46. The molecule has 2 aromatic carbocycles. The molecule has 0 bridgehead atoms. The van der Waals surface area contributed by atoms with Gasteiger partial charge in [0.25, 0.3) is 0 Å². The number of hydrogen-bond donors (Lipinski definition) is 2. The molecule has 20 heavy (non-hydrogen) atoms. The van der Waals surface area contributed by atoms with Gasteiger partial charge in [0.2, 0.25) is 0 Å². The normalized spacial score (nSPS) is 10.7. The van der Waals surface area contributed by atoms with Crippen LogP contribution in [0.25, 0.3) is 10.9 Å². The van der Waals surface area contributed by atoms with E-state index in [1.54, 1.807) is 24.3 Å². The summed E-state index contributed by atoms with van der Waals surface area (Å²) in [5, 5.41) is 22.4. The molecule has 0 spiro atoms. The van der Waals surface area contributed by atoms with Crippen LogP contribution >= 0.6 is 27.5 Å². The molecule has 0 aliphatic rings. The molecule has 1 heterocycles. The van der Waals surface area contributed by atoms with Crippen LogP contribution in [0.2, 0.25) is 5.02 Å². The van der Waals surface area contributed by atoms with E-state index in [4.69, 9.17) is 11.6 Å². The average Bonchev–Trinajstić information content (AvgIpc) is 2.43. The largest absolute Gasteiger partial charge is 0.507 e. The van der Waals surface area contributed by atoms with Gasteiger partial charge in [-0.2, -0.15) is 0 Å². The van der Waals surface area contributed by atoms with E-state index in [1.807, 2.05) is 18.2 Å². The lowest BCUT2D eigenvalue weighted by molar-refractivity contribution is 0.472. The van der Waals surface area contributed by atoms with Crippen LogP contribution in [0.1, 0.15) is 0 Å². The minimum atomic E-state index is 0.190. The van der Waals surface area contributed by atoms with E-state index in [0.717, 1.165) is 16.6 Å². The van der Waals surface area contributed by atoms with Crippen LogP contribution < -0.4 is 5.32 Å². The summed E-state index contributed by atoms with van der Waals surface area (Å²) in [7, 11) is 0. The minimum Gasteiger partial charge on any atom is -0.507 e. The fraction of sp³-hybridized carbons (Fsp3) is 0. The number of phenols is 1. The lowest BCUT2D eigenvalue weighted by Crippen LogP contribution is -1.95. The van der Waals surface area contributed by atoms with Crippen molar-refractivity contribution in [3.05, 3.63) is 52.0 Å². The Bertz CT molecular complexity index is 794. The van der Waals surface area contributed by atoms with Crippen molar-refractivity contribution in [2.75, 3.05) is 5.32 Å². The third-order valence-electron chi connectivity index (χ3n) is 2.77. The highest BCUT2D eigenvalue weighted by molar-refractivity contribution is 9.10. The molecule has 3 aromatic rings. The number of halogens is 2. The van der Waals surface area contributed by atoms with Gasteiger partial charge in [0.1, 0.15) is 5.75 Å². The molecular weight excluding hydrogens is 342 g/mol. The first-order valence-corrected chi connectivity index (χ1v) is 6.97. The number of benzene rings is 2. The number of aromatic nitrogens is 2. The van der Waals surface area contributed by atoms with Crippen molar-refractivity contribution in [1.29, 1.82) is 0 Å². The maximum Gasteiger partial charge on any atom is 0.153 e. The van der Waals surface area contributed by atoms with Crippen molar-refractivity contribution in [2.24, 2.45) is 0 Å². The first-order valence-electron chi connectivity index (χ1n) is 5.80. The molecule has 0 aliphatic heterocycles. The Balaban J connectivity index is 1.94. The summed E-state index contributed by atoms with van der Waals surface area (Å²) in [6.45, 7) is 0. The number of nitrogens with one attached hydrogen (secondary N) is 1. The highest BCUT2D eigenvalue weighted by Crippen LogP contribution is 2.28. The van der Waals surface area contributed by atoms with Gasteiger partial charge in [-0.3, -0.25) is 0 Å². The molecule has 1 aromatic heterocycles. The predicted molar refractivity (Wildman–Crippen MR) is 83.6 cm³/mol. The number of hydrogen-bond acceptors (Lipinski definition) is 4. The number of phenolic OH excluding ortho intramolecular Hbond substituents is 1. The summed E-state index contributed by atoms with van der Waals surface area (Å²) >= 11 is 9.17. The molecule has 100 valence electrons. The van der Waals surface area contributed by atoms with Gasteiger partial charge in [0.05, 0.1) is 9.99 Å². The van der Waals surface area contributed by atoms with Crippen LogP contribution in [0.4, 0.5) is 11.5 Å². The Morgan fingerprint density at radius 3 is 2.70 bits per heavy atom. The number of nitrogens with zero attached hydrogens (tertiary/aromatic N) is 2. The van der Waals surface area contributed by atoms with Crippen molar-refractivity contribution in [2.45, 2.75) is 0 Å². The van der Waals surface area contributed by atoms with E-state index in [1.165, 1.54) is 0 Å². The van der Waals surface area contributed by atoms with Gasteiger partial charge in [-0.25, -0.2) is 0 Å². The smallest absolute Gasteiger partial charge is 0.153 e. The summed E-state index contributed by atoms with van der Waals surface area (Å²) < 4.78 is 0.614. The second kappa shape index (κ2) is 5.26. The molecule has 0 aliphatic carbocycles. The Morgan fingerprint density at radius 1 is 1.05 bits per heavy atom. The number of fused-ring (bicyclic) bond motifs is 1. The second-order valence-corrected chi connectivity index (χ2v) is 5.51. The standard InChI is InChI=1S/C14H9BrClN3O/c15-11-7-10(3-4-13(11)20)17-14-5-8-1-2-9(16)6-12(8)18-19-14/h1-7,20H,(H,17,19). The first kappa shape index (κ1) is 13.1. The van der Waals surface area contributed by atoms with E-state index in [9.17, 15) is 5.11 Å². The van der Waals surface area contributed by atoms with Crippen LogP contribution in [-0.2, 0) is 0 Å². The highest BCUT2D eigenvalue weighted by Gasteiger charge is 2.03. The Labute approximate surface area is 128 Å². The topological polar surface area (TPSA) is 58.0 Å². The van der Waals surface area contributed by atoms with Crippen LogP contribution in [0.15, 0.2) is 46.9 Å². The molecule has 0 amide bonds. The van der Waals surface area contributed by atoms with Gasteiger partial charge in [-0.15, -0.1) is 10.2 Å². The van der Waals surface area contributed by atoms with Gasteiger partial charge in [-0.05, 0) is 52.3 Å². The van der Waals surface area contributed by atoms with Crippen LogP contribution in [-0.4, -0.2) is 15.3 Å². The van der Waals surface area contributed by atoms with E-state index in [-0.39, 0.29) is 5.75 Å². The van der Waals surface area contributed by atoms with Gasteiger partial charge in [0, 0.05) is 16.1 Å². The lowest BCUT2D eigenvalue weighted by atomic mass is 10.2. The quantitative estimate of drug-likeness (QED) is 0.668. The molecule has 0 saturated heterocycles. The van der Waals surface area contributed by atoms with Gasteiger partial charge in [-0.1, -0.05) is 17.7 Å². The zero-order valence-corrected chi connectivity index (χ0v) is 12.5. The molecule has 0 saturated carbocycles. The molecule has 0 radical (unpaired) electrons. The van der Waals surface area contributed by atoms with Gasteiger partial charge >= 0.3 is 0 Å². The number of aromatic hydroxyl groups is 1. The summed E-state index contributed by atoms with van der Waals surface area (Å²) in [4.78, 5) is 0. The zero-order valence-electron chi connectivity index (χ0n) is 10.1. The van der Waals surface area contributed by atoms with E-state index < -0.39 is 0 Å². The fourth-order valence-corrected chi connectivity index (χ4v) is 2.35. The monoisotopic (exact) mass is 349 g/mol. The molecule has 6 heteroatoms. The van der Waals surface area contributed by atoms with Crippen LogP contribution in [0.3, 0.4) is 0 Å². The maximum atomic E-state index is 9.46. The summed E-state index contributed by atoms with van der Waals surface area (Å²) in [5.41, 5.74) is 1.55. The molecule has 2 N–H and O–H groups in total. The lowest BCUT2D eigenvalue weighted by Gasteiger charge is -2.07. The number of anilines is 2. The first-order chi connectivity index (χ1) is 9.61. The summed E-state index contributed by atoms with van der Waals surface area (Å²) in [6.07, 6.45) is 0. The Hall–Kier alpha value is -1.85.